The third-order valence-electron chi connectivity index (χ3n) is 5.12. The van der Waals surface area contributed by atoms with Crippen LogP contribution in [0.15, 0.2) is 53.2 Å². The van der Waals surface area contributed by atoms with Crippen LogP contribution in [0.25, 0.3) is 22.6 Å². The number of piperazine rings is 1. The van der Waals surface area contributed by atoms with Crippen molar-refractivity contribution < 1.29 is 9.32 Å². The Kier molecular flexibility index (Phi) is 5.72. The van der Waals surface area contributed by atoms with Gasteiger partial charge in [0, 0.05) is 55.1 Å². The molecule has 2 aromatic heterocycles. The van der Waals surface area contributed by atoms with E-state index in [0.29, 0.717) is 17.0 Å². The van der Waals surface area contributed by atoms with Crippen molar-refractivity contribution in [3.8, 4) is 28.7 Å². The molecule has 0 radical (unpaired) electrons. The molecular weight excluding hydrogens is 380 g/mol. The van der Waals surface area contributed by atoms with Crippen LogP contribution in [-0.4, -0.2) is 60.7 Å². The third kappa shape index (κ3) is 4.31. The number of carbonyl (C=O) groups excluding carboxylic acids is 1. The van der Waals surface area contributed by atoms with E-state index in [9.17, 15) is 4.79 Å². The van der Waals surface area contributed by atoms with Crippen LogP contribution in [0.4, 0.5) is 5.82 Å². The standard InChI is InChI=1S/C22H22N6O2/c1-27-9-11-28(12-10-27)21-6-5-18(15-25-21)20-14-19(26-30-20)16-3-2-4-17(13-16)22(29)24-8-7-23/h2-6,13-15H,8-12H2,1H3,(H,24,29). The Morgan fingerprint density at radius 1 is 1.17 bits per heavy atom. The zero-order valence-corrected chi connectivity index (χ0v) is 16.7. The molecule has 0 atom stereocenters. The number of carbonyl (C=O) groups is 1. The summed E-state index contributed by atoms with van der Waals surface area (Å²) in [4.78, 5) is 21.3. The van der Waals surface area contributed by atoms with E-state index < -0.39 is 0 Å². The number of nitrogens with zero attached hydrogens (tertiary/aromatic N) is 5. The Hall–Kier alpha value is -3.70. The molecule has 4 rings (SSSR count). The van der Waals surface area contributed by atoms with Gasteiger partial charge in [-0.05, 0) is 31.3 Å². The van der Waals surface area contributed by atoms with Gasteiger partial charge in [-0.1, -0.05) is 17.3 Å². The number of hydrogen-bond acceptors (Lipinski definition) is 7. The van der Waals surface area contributed by atoms with Crippen LogP contribution < -0.4 is 10.2 Å². The molecule has 8 nitrogen and oxygen atoms in total. The fraction of sp³-hybridized carbons (Fsp3) is 0.273. The second-order valence-corrected chi connectivity index (χ2v) is 7.19. The number of pyridine rings is 1. The van der Waals surface area contributed by atoms with Crippen molar-refractivity contribution in [2.75, 3.05) is 44.7 Å². The van der Waals surface area contributed by atoms with Crippen molar-refractivity contribution in [2.45, 2.75) is 0 Å². The molecule has 0 bridgehead atoms. The summed E-state index contributed by atoms with van der Waals surface area (Å²) in [5.74, 6) is 1.27. The van der Waals surface area contributed by atoms with Crippen molar-refractivity contribution in [3.63, 3.8) is 0 Å². The Morgan fingerprint density at radius 2 is 2.00 bits per heavy atom. The van der Waals surface area contributed by atoms with E-state index in [1.54, 1.807) is 24.4 Å². The Labute approximate surface area is 174 Å². The van der Waals surface area contributed by atoms with Crippen molar-refractivity contribution in [2.24, 2.45) is 0 Å². The van der Waals surface area contributed by atoms with Gasteiger partial charge in [0.2, 0.25) is 0 Å². The second-order valence-electron chi connectivity index (χ2n) is 7.19. The molecule has 0 unspecified atom stereocenters. The van der Waals surface area contributed by atoms with E-state index in [4.69, 9.17) is 9.78 Å². The van der Waals surface area contributed by atoms with Gasteiger partial charge in [-0.25, -0.2) is 4.98 Å². The fourth-order valence-electron chi connectivity index (χ4n) is 3.34. The fourth-order valence-corrected chi connectivity index (χ4v) is 3.34. The van der Waals surface area contributed by atoms with Gasteiger partial charge in [0.25, 0.3) is 5.91 Å². The van der Waals surface area contributed by atoms with Gasteiger partial charge in [0.05, 0.1) is 6.07 Å². The molecule has 1 aromatic carbocycles. The molecule has 0 aliphatic carbocycles. The quantitative estimate of drug-likeness (QED) is 0.655. The molecule has 3 heterocycles. The lowest BCUT2D eigenvalue weighted by Crippen LogP contribution is -2.44. The predicted octanol–water partition coefficient (Wildman–Crippen LogP) is 2.41. The van der Waals surface area contributed by atoms with Gasteiger partial charge < -0.3 is 19.6 Å². The molecule has 0 spiro atoms. The number of nitriles is 1. The van der Waals surface area contributed by atoms with E-state index in [-0.39, 0.29) is 12.5 Å². The van der Waals surface area contributed by atoms with Crippen molar-refractivity contribution in [1.29, 1.82) is 5.26 Å². The van der Waals surface area contributed by atoms with Gasteiger partial charge in [-0.3, -0.25) is 4.79 Å². The number of anilines is 1. The first-order valence-electron chi connectivity index (χ1n) is 9.76. The molecule has 0 saturated carbocycles. The molecule has 1 aliphatic rings. The maximum Gasteiger partial charge on any atom is 0.252 e. The minimum Gasteiger partial charge on any atom is -0.356 e. The molecule has 1 fully saturated rings. The van der Waals surface area contributed by atoms with Crippen LogP contribution in [-0.2, 0) is 0 Å². The summed E-state index contributed by atoms with van der Waals surface area (Å²) in [6, 6.07) is 14.8. The average Bonchev–Trinajstić information content (AvgIpc) is 3.29. The molecular formula is C22H22N6O2. The number of amides is 1. The van der Waals surface area contributed by atoms with E-state index in [2.05, 4.69) is 32.3 Å². The molecule has 1 amide bonds. The van der Waals surface area contributed by atoms with E-state index in [1.165, 1.54) is 0 Å². The molecule has 1 N–H and O–H groups in total. The van der Waals surface area contributed by atoms with Gasteiger partial charge in [0.15, 0.2) is 5.76 Å². The summed E-state index contributed by atoms with van der Waals surface area (Å²) in [5.41, 5.74) is 2.69. The molecule has 1 saturated heterocycles. The summed E-state index contributed by atoms with van der Waals surface area (Å²) in [6.45, 7) is 3.96. The van der Waals surface area contributed by atoms with Crippen LogP contribution in [0.1, 0.15) is 10.4 Å². The van der Waals surface area contributed by atoms with E-state index >= 15 is 0 Å². The topological polar surface area (TPSA) is 98.3 Å². The molecule has 152 valence electrons. The maximum absolute atomic E-state index is 12.1. The maximum atomic E-state index is 12.1. The van der Waals surface area contributed by atoms with E-state index in [1.807, 2.05) is 30.3 Å². The SMILES string of the molecule is CN1CCN(c2ccc(-c3cc(-c4cccc(C(=O)NCC#N)c4)no3)cn2)CC1. The minimum atomic E-state index is -0.300. The summed E-state index contributed by atoms with van der Waals surface area (Å²) in [6.07, 6.45) is 1.80. The first kappa shape index (κ1) is 19.6. The second kappa shape index (κ2) is 8.76. The lowest BCUT2D eigenvalue weighted by Gasteiger charge is -2.33. The van der Waals surface area contributed by atoms with Gasteiger partial charge in [-0.15, -0.1) is 0 Å². The monoisotopic (exact) mass is 402 g/mol. The first-order chi connectivity index (χ1) is 14.6. The zero-order valence-electron chi connectivity index (χ0n) is 16.7. The van der Waals surface area contributed by atoms with Crippen LogP contribution in [0.3, 0.4) is 0 Å². The highest BCUT2D eigenvalue weighted by molar-refractivity contribution is 5.95. The highest BCUT2D eigenvalue weighted by atomic mass is 16.5. The number of rotatable bonds is 5. The summed E-state index contributed by atoms with van der Waals surface area (Å²) in [5, 5.41) is 15.3. The smallest absolute Gasteiger partial charge is 0.252 e. The Balaban J connectivity index is 1.49. The third-order valence-corrected chi connectivity index (χ3v) is 5.12. The van der Waals surface area contributed by atoms with Crippen molar-refractivity contribution in [1.82, 2.24) is 20.4 Å². The summed E-state index contributed by atoms with van der Waals surface area (Å²) < 4.78 is 5.52. The van der Waals surface area contributed by atoms with Gasteiger partial charge in [-0.2, -0.15) is 5.26 Å². The Bertz CT molecular complexity index is 1060. The predicted molar refractivity (Wildman–Crippen MR) is 113 cm³/mol. The van der Waals surface area contributed by atoms with Crippen LogP contribution >= 0.6 is 0 Å². The van der Waals surface area contributed by atoms with Gasteiger partial charge in [0.1, 0.15) is 18.1 Å². The highest BCUT2D eigenvalue weighted by Gasteiger charge is 2.16. The number of nitrogens with one attached hydrogen (secondary N) is 1. The molecule has 30 heavy (non-hydrogen) atoms. The summed E-state index contributed by atoms with van der Waals surface area (Å²) >= 11 is 0. The average molecular weight is 402 g/mol. The normalized spacial score (nSPS) is 14.3. The number of benzene rings is 1. The first-order valence-corrected chi connectivity index (χ1v) is 9.76. The van der Waals surface area contributed by atoms with Crippen molar-refractivity contribution in [3.05, 3.63) is 54.2 Å². The zero-order chi connectivity index (χ0) is 20.9. The van der Waals surface area contributed by atoms with Crippen LogP contribution in [0, 0.1) is 11.3 Å². The van der Waals surface area contributed by atoms with Crippen LogP contribution in [0.2, 0.25) is 0 Å². The lowest BCUT2D eigenvalue weighted by atomic mass is 10.1. The Morgan fingerprint density at radius 3 is 2.73 bits per heavy atom. The van der Waals surface area contributed by atoms with Gasteiger partial charge >= 0.3 is 0 Å². The van der Waals surface area contributed by atoms with Crippen LogP contribution in [0.5, 0.6) is 0 Å². The lowest BCUT2D eigenvalue weighted by molar-refractivity contribution is 0.0958. The number of aromatic nitrogens is 2. The number of hydrogen-bond donors (Lipinski definition) is 1. The largest absolute Gasteiger partial charge is 0.356 e. The van der Waals surface area contributed by atoms with Crippen molar-refractivity contribution >= 4 is 11.7 Å². The summed E-state index contributed by atoms with van der Waals surface area (Å²) in [7, 11) is 2.13. The minimum absolute atomic E-state index is 0.0334. The number of likely N-dealkylation sites (N-methyl/N-ethyl adjacent to an activating group) is 1. The van der Waals surface area contributed by atoms with E-state index in [0.717, 1.165) is 43.1 Å². The highest BCUT2D eigenvalue weighted by Crippen LogP contribution is 2.27. The molecule has 8 heteroatoms. The molecule has 1 aliphatic heterocycles. The molecule has 3 aromatic rings.